The monoisotopic (exact) mass is 226 g/mol. The minimum atomic E-state index is -0.575. The van der Waals surface area contributed by atoms with Crippen molar-refractivity contribution in [2.75, 3.05) is 11.2 Å². The summed E-state index contributed by atoms with van der Waals surface area (Å²) in [6.45, 7) is 5.54. The van der Waals surface area contributed by atoms with E-state index in [4.69, 9.17) is 11.6 Å². The first kappa shape index (κ1) is 12.0. The van der Waals surface area contributed by atoms with E-state index >= 15 is 0 Å². The van der Waals surface area contributed by atoms with Crippen molar-refractivity contribution in [3.63, 3.8) is 0 Å². The third-order valence-corrected chi connectivity index (χ3v) is 2.77. The Balaban J connectivity index is 2.71. The summed E-state index contributed by atoms with van der Waals surface area (Å²) in [6, 6.07) is 3.67. The summed E-state index contributed by atoms with van der Waals surface area (Å²) in [6.07, 6.45) is 1.71. The Morgan fingerprint density at radius 2 is 2.20 bits per heavy atom. The summed E-state index contributed by atoms with van der Waals surface area (Å²) in [5.74, 6) is 0.725. The molecule has 0 aliphatic heterocycles. The van der Waals surface area contributed by atoms with Crippen LogP contribution in [0.25, 0.3) is 0 Å². The largest absolute Gasteiger partial charge is 0.310 e. The molecule has 0 unspecified atom stereocenters. The first-order valence-corrected chi connectivity index (χ1v) is 5.29. The molecule has 1 rings (SSSR count). The first-order chi connectivity index (χ1) is 6.95. The summed E-state index contributed by atoms with van der Waals surface area (Å²) in [5.41, 5.74) is 0.485. The van der Waals surface area contributed by atoms with Gasteiger partial charge >= 0.3 is 0 Å². The molecule has 3 nitrogen and oxygen atoms in total. The van der Waals surface area contributed by atoms with Crippen LogP contribution >= 0.6 is 11.6 Å². The van der Waals surface area contributed by atoms with E-state index in [1.54, 1.807) is 26.1 Å². The molecule has 0 saturated carbocycles. The van der Waals surface area contributed by atoms with Crippen molar-refractivity contribution in [1.82, 2.24) is 4.98 Å². The molecule has 1 heterocycles. The fourth-order valence-electron chi connectivity index (χ4n) is 0.888. The van der Waals surface area contributed by atoms with Crippen LogP contribution in [0.5, 0.6) is 0 Å². The van der Waals surface area contributed by atoms with E-state index in [1.807, 2.05) is 13.0 Å². The zero-order valence-electron chi connectivity index (χ0n) is 9.17. The quantitative estimate of drug-likeness (QED) is 0.805. The molecule has 15 heavy (non-hydrogen) atoms. The molecule has 0 atom stereocenters. The van der Waals surface area contributed by atoms with Crippen LogP contribution in [0, 0.1) is 12.3 Å². The molecule has 0 fully saturated rings. The Kier molecular flexibility index (Phi) is 3.69. The minimum Gasteiger partial charge on any atom is -0.310 e. The SMILES string of the molecule is Cc1ccc(NC(=O)C(C)(C)CCl)nc1. The van der Waals surface area contributed by atoms with E-state index in [0.29, 0.717) is 5.82 Å². The summed E-state index contributed by atoms with van der Waals surface area (Å²) < 4.78 is 0. The van der Waals surface area contributed by atoms with Crippen molar-refractivity contribution in [3.8, 4) is 0 Å². The van der Waals surface area contributed by atoms with E-state index in [1.165, 1.54) is 0 Å². The highest BCUT2D eigenvalue weighted by atomic mass is 35.5. The Labute approximate surface area is 94.9 Å². The van der Waals surface area contributed by atoms with E-state index in [-0.39, 0.29) is 11.8 Å². The number of nitrogens with one attached hydrogen (secondary N) is 1. The second-order valence-electron chi connectivity index (χ2n) is 4.19. The molecule has 0 saturated heterocycles. The zero-order chi connectivity index (χ0) is 11.5. The number of nitrogens with zero attached hydrogens (tertiary/aromatic N) is 1. The number of carbonyl (C=O) groups is 1. The zero-order valence-corrected chi connectivity index (χ0v) is 9.93. The van der Waals surface area contributed by atoms with Crippen molar-refractivity contribution in [2.24, 2.45) is 5.41 Å². The third kappa shape index (κ3) is 3.20. The number of hydrogen-bond donors (Lipinski definition) is 1. The Bertz CT molecular complexity index is 346. The average molecular weight is 227 g/mol. The normalized spacial score (nSPS) is 11.2. The van der Waals surface area contributed by atoms with Crippen LogP contribution in [-0.2, 0) is 4.79 Å². The van der Waals surface area contributed by atoms with Gasteiger partial charge in [-0.05, 0) is 32.4 Å². The minimum absolute atomic E-state index is 0.117. The van der Waals surface area contributed by atoms with Crippen LogP contribution in [-0.4, -0.2) is 16.8 Å². The lowest BCUT2D eigenvalue weighted by molar-refractivity contribution is -0.123. The third-order valence-electron chi connectivity index (χ3n) is 2.10. The number of carbonyl (C=O) groups excluding carboxylic acids is 1. The maximum atomic E-state index is 11.7. The standard InChI is InChI=1S/C11H15ClN2O/c1-8-4-5-9(13-6-8)14-10(15)11(2,3)7-12/h4-6H,7H2,1-3H3,(H,13,14,15). The molecule has 1 amide bonds. The Morgan fingerprint density at radius 3 is 2.67 bits per heavy atom. The smallest absolute Gasteiger partial charge is 0.232 e. The maximum absolute atomic E-state index is 11.7. The van der Waals surface area contributed by atoms with Gasteiger partial charge in [0.05, 0.1) is 5.41 Å². The molecular weight excluding hydrogens is 212 g/mol. The fourth-order valence-corrected chi connectivity index (χ4v) is 1.01. The number of aryl methyl sites for hydroxylation is 1. The fraction of sp³-hybridized carbons (Fsp3) is 0.455. The summed E-state index contributed by atoms with van der Waals surface area (Å²) in [7, 11) is 0. The van der Waals surface area contributed by atoms with Crippen molar-refractivity contribution in [2.45, 2.75) is 20.8 Å². The topological polar surface area (TPSA) is 42.0 Å². The number of amides is 1. The number of aromatic nitrogens is 1. The highest BCUT2D eigenvalue weighted by Gasteiger charge is 2.26. The maximum Gasteiger partial charge on any atom is 0.232 e. The number of anilines is 1. The van der Waals surface area contributed by atoms with E-state index < -0.39 is 5.41 Å². The van der Waals surface area contributed by atoms with Gasteiger partial charge in [-0.1, -0.05) is 6.07 Å². The molecule has 0 spiro atoms. The van der Waals surface area contributed by atoms with Gasteiger partial charge < -0.3 is 5.32 Å². The second kappa shape index (κ2) is 4.62. The molecule has 0 radical (unpaired) electrons. The van der Waals surface area contributed by atoms with Crippen LogP contribution in [0.15, 0.2) is 18.3 Å². The number of hydrogen-bond acceptors (Lipinski definition) is 2. The van der Waals surface area contributed by atoms with E-state index in [0.717, 1.165) is 5.56 Å². The van der Waals surface area contributed by atoms with Gasteiger partial charge in [0.25, 0.3) is 0 Å². The lowest BCUT2D eigenvalue weighted by atomic mass is 9.95. The summed E-state index contributed by atoms with van der Waals surface area (Å²) >= 11 is 5.70. The molecule has 1 aromatic heterocycles. The predicted octanol–water partition coefficient (Wildman–Crippen LogP) is 2.59. The second-order valence-corrected chi connectivity index (χ2v) is 4.46. The van der Waals surface area contributed by atoms with Crippen molar-refractivity contribution < 1.29 is 4.79 Å². The number of halogens is 1. The molecule has 0 aliphatic rings. The average Bonchev–Trinajstić information content (AvgIpc) is 2.21. The van der Waals surface area contributed by atoms with Crippen molar-refractivity contribution >= 4 is 23.3 Å². The number of alkyl halides is 1. The molecule has 0 aromatic carbocycles. The van der Waals surface area contributed by atoms with Crippen LogP contribution in [0.2, 0.25) is 0 Å². The van der Waals surface area contributed by atoms with Gasteiger partial charge in [0.1, 0.15) is 5.82 Å². The van der Waals surface area contributed by atoms with Crippen LogP contribution < -0.4 is 5.32 Å². The summed E-state index contributed by atoms with van der Waals surface area (Å²) in [4.78, 5) is 15.8. The Morgan fingerprint density at radius 1 is 1.53 bits per heavy atom. The summed E-state index contributed by atoms with van der Waals surface area (Å²) in [5, 5.41) is 2.73. The lowest BCUT2D eigenvalue weighted by Gasteiger charge is -2.19. The van der Waals surface area contributed by atoms with Crippen molar-refractivity contribution in [3.05, 3.63) is 23.9 Å². The molecular formula is C11H15ClN2O. The molecule has 82 valence electrons. The van der Waals surface area contributed by atoms with Gasteiger partial charge in [-0.2, -0.15) is 0 Å². The van der Waals surface area contributed by atoms with Gasteiger partial charge in [-0.25, -0.2) is 4.98 Å². The van der Waals surface area contributed by atoms with Gasteiger partial charge in [0.2, 0.25) is 5.91 Å². The molecule has 0 bridgehead atoms. The Hall–Kier alpha value is -1.09. The molecule has 0 aliphatic carbocycles. The van der Waals surface area contributed by atoms with Gasteiger partial charge in [-0.3, -0.25) is 4.79 Å². The van der Waals surface area contributed by atoms with Crippen LogP contribution in [0.4, 0.5) is 5.82 Å². The molecule has 4 heteroatoms. The highest BCUT2D eigenvalue weighted by Crippen LogP contribution is 2.19. The molecule has 1 aromatic rings. The van der Waals surface area contributed by atoms with E-state index in [2.05, 4.69) is 10.3 Å². The first-order valence-electron chi connectivity index (χ1n) is 4.76. The lowest BCUT2D eigenvalue weighted by Crippen LogP contribution is -2.32. The number of pyridine rings is 1. The van der Waals surface area contributed by atoms with Gasteiger partial charge in [0, 0.05) is 12.1 Å². The molecule has 1 N–H and O–H groups in total. The van der Waals surface area contributed by atoms with Gasteiger partial charge in [0.15, 0.2) is 0 Å². The van der Waals surface area contributed by atoms with E-state index in [9.17, 15) is 4.79 Å². The van der Waals surface area contributed by atoms with Crippen LogP contribution in [0.1, 0.15) is 19.4 Å². The van der Waals surface area contributed by atoms with Gasteiger partial charge in [-0.15, -0.1) is 11.6 Å². The highest BCUT2D eigenvalue weighted by molar-refractivity contribution is 6.20. The van der Waals surface area contributed by atoms with Crippen LogP contribution in [0.3, 0.4) is 0 Å². The number of rotatable bonds is 3. The predicted molar refractivity (Wildman–Crippen MR) is 62.1 cm³/mol. The van der Waals surface area contributed by atoms with Crippen molar-refractivity contribution in [1.29, 1.82) is 0 Å².